The van der Waals surface area contributed by atoms with Crippen LogP contribution in [0.3, 0.4) is 0 Å². The maximum atomic E-state index is 10.9. The summed E-state index contributed by atoms with van der Waals surface area (Å²) in [5.41, 5.74) is -0.328. The van der Waals surface area contributed by atoms with E-state index in [0.29, 0.717) is 0 Å². The molecule has 0 aromatic rings. The molecular formula is C16H28N2OS. The predicted molar refractivity (Wildman–Crippen MR) is 90.7 cm³/mol. The molecule has 0 fully saturated rings. The molecular weight excluding hydrogens is 268 g/mol. The standard InChI is InChI=1S/C9H15NOS.C7H13N/c1-9(2,10(3)4)7-6-8(11)12-5;1-6-7(2,3)8(4)5/h1-5H3;1H,2-5H3. The first-order valence-corrected chi connectivity index (χ1v) is 7.57. The van der Waals surface area contributed by atoms with Crippen LogP contribution < -0.4 is 0 Å². The Kier molecular flexibility index (Phi) is 9.70. The van der Waals surface area contributed by atoms with Crippen molar-refractivity contribution in [3.8, 4) is 24.2 Å². The number of nitrogens with zero attached hydrogens (tertiary/aromatic N) is 2. The molecule has 0 aromatic carbocycles. The van der Waals surface area contributed by atoms with Crippen LogP contribution in [0.4, 0.5) is 0 Å². The number of thioether (sulfide) groups is 1. The second kappa shape index (κ2) is 9.08. The van der Waals surface area contributed by atoms with Gasteiger partial charge in [0.1, 0.15) is 0 Å². The van der Waals surface area contributed by atoms with Gasteiger partial charge in [-0.1, -0.05) is 23.6 Å². The van der Waals surface area contributed by atoms with Gasteiger partial charge in [0, 0.05) is 0 Å². The van der Waals surface area contributed by atoms with Crippen LogP contribution in [0.5, 0.6) is 0 Å². The third-order valence-electron chi connectivity index (χ3n) is 3.25. The minimum atomic E-state index is -0.231. The van der Waals surface area contributed by atoms with Crippen LogP contribution in [-0.4, -0.2) is 60.4 Å². The molecule has 0 heterocycles. The molecule has 0 radical (unpaired) electrons. The van der Waals surface area contributed by atoms with E-state index in [1.807, 2.05) is 65.7 Å². The molecule has 0 amide bonds. The van der Waals surface area contributed by atoms with E-state index in [0.717, 1.165) is 11.8 Å². The van der Waals surface area contributed by atoms with Gasteiger partial charge in [0.25, 0.3) is 5.12 Å². The summed E-state index contributed by atoms with van der Waals surface area (Å²) in [5, 5.41) is -0.0788. The van der Waals surface area contributed by atoms with Gasteiger partial charge in [-0.25, -0.2) is 0 Å². The smallest absolute Gasteiger partial charge is 0.262 e. The van der Waals surface area contributed by atoms with Crippen LogP contribution in [-0.2, 0) is 4.79 Å². The number of terminal acetylenes is 1. The number of carbonyl (C=O) groups excluding carboxylic acids is 1. The van der Waals surface area contributed by atoms with E-state index in [1.54, 1.807) is 6.26 Å². The summed E-state index contributed by atoms with van der Waals surface area (Å²) in [6, 6.07) is 0. The Balaban J connectivity index is 0. The van der Waals surface area contributed by atoms with E-state index < -0.39 is 0 Å². The van der Waals surface area contributed by atoms with Crippen LogP contribution in [0.25, 0.3) is 0 Å². The average Bonchev–Trinajstić information content (AvgIpc) is 2.36. The fraction of sp³-hybridized carbons (Fsp3) is 0.688. The van der Waals surface area contributed by atoms with Crippen molar-refractivity contribution in [3.05, 3.63) is 0 Å². The van der Waals surface area contributed by atoms with E-state index in [4.69, 9.17) is 6.42 Å². The van der Waals surface area contributed by atoms with Crippen LogP contribution in [0.1, 0.15) is 27.7 Å². The maximum Gasteiger partial charge on any atom is 0.262 e. The van der Waals surface area contributed by atoms with Crippen molar-refractivity contribution in [2.24, 2.45) is 0 Å². The van der Waals surface area contributed by atoms with E-state index in [9.17, 15) is 4.79 Å². The largest absolute Gasteiger partial charge is 0.294 e. The molecule has 20 heavy (non-hydrogen) atoms. The first kappa shape index (κ1) is 21.4. The second-order valence-corrected chi connectivity index (χ2v) is 6.57. The van der Waals surface area contributed by atoms with Crippen LogP contribution in [0.2, 0.25) is 0 Å². The number of hydrogen-bond donors (Lipinski definition) is 0. The Morgan fingerprint density at radius 1 is 1.00 bits per heavy atom. The van der Waals surface area contributed by atoms with Gasteiger partial charge in [0.2, 0.25) is 0 Å². The Morgan fingerprint density at radius 2 is 1.40 bits per heavy atom. The van der Waals surface area contributed by atoms with Gasteiger partial charge in [-0.3, -0.25) is 14.6 Å². The SMILES string of the molecule is C#CC(C)(C)N(C)C.CSC(=O)C#CC(C)(C)N(C)C. The van der Waals surface area contributed by atoms with Crippen molar-refractivity contribution < 1.29 is 4.79 Å². The molecule has 3 nitrogen and oxygen atoms in total. The van der Waals surface area contributed by atoms with Gasteiger partial charge >= 0.3 is 0 Å². The summed E-state index contributed by atoms with van der Waals surface area (Å²) >= 11 is 1.15. The minimum absolute atomic E-state index is 0.0788. The van der Waals surface area contributed by atoms with Crippen molar-refractivity contribution in [2.45, 2.75) is 38.8 Å². The Morgan fingerprint density at radius 3 is 1.60 bits per heavy atom. The van der Waals surface area contributed by atoms with Gasteiger partial charge < -0.3 is 0 Å². The monoisotopic (exact) mass is 296 g/mol. The van der Waals surface area contributed by atoms with E-state index in [-0.39, 0.29) is 16.2 Å². The average molecular weight is 296 g/mol. The molecule has 0 N–H and O–H groups in total. The zero-order valence-corrected chi connectivity index (χ0v) is 15.1. The summed E-state index contributed by atoms with van der Waals surface area (Å²) in [5.74, 6) is 8.17. The molecule has 0 aromatic heterocycles. The van der Waals surface area contributed by atoms with Gasteiger partial charge in [-0.2, -0.15) is 0 Å². The van der Waals surface area contributed by atoms with Crippen LogP contribution in [0.15, 0.2) is 0 Å². The molecule has 0 bridgehead atoms. The number of rotatable bonds is 2. The lowest BCUT2D eigenvalue weighted by atomic mass is 10.1. The van der Waals surface area contributed by atoms with E-state index in [2.05, 4.69) is 17.8 Å². The lowest BCUT2D eigenvalue weighted by Crippen LogP contribution is -2.36. The molecule has 0 spiro atoms. The van der Waals surface area contributed by atoms with Gasteiger partial charge in [-0.15, -0.1) is 6.42 Å². The highest BCUT2D eigenvalue weighted by Crippen LogP contribution is 2.07. The third kappa shape index (κ3) is 9.04. The number of hydrogen-bond acceptors (Lipinski definition) is 4. The maximum absolute atomic E-state index is 10.9. The molecule has 0 aliphatic rings. The Hall–Kier alpha value is -0.940. The Labute approximate surface area is 129 Å². The first-order chi connectivity index (χ1) is 8.90. The minimum Gasteiger partial charge on any atom is -0.294 e. The highest BCUT2D eigenvalue weighted by atomic mass is 32.2. The molecule has 0 atom stereocenters. The predicted octanol–water partition coefficient (Wildman–Crippen LogP) is 2.18. The molecule has 0 saturated heterocycles. The summed E-state index contributed by atoms with van der Waals surface area (Å²) in [7, 11) is 7.83. The topological polar surface area (TPSA) is 23.6 Å². The molecule has 114 valence electrons. The van der Waals surface area contributed by atoms with E-state index >= 15 is 0 Å². The molecule has 4 heteroatoms. The van der Waals surface area contributed by atoms with Gasteiger partial charge in [0.05, 0.1) is 11.1 Å². The molecule has 0 saturated carbocycles. The first-order valence-electron chi connectivity index (χ1n) is 6.34. The third-order valence-corrected chi connectivity index (χ3v) is 3.72. The van der Waals surface area contributed by atoms with Gasteiger partial charge in [-0.05, 0) is 68.1 Å². The van der Waals surface area contributed by atoms with Gasteiger partial charge in [0.15, 0.2) is 0 Å². The van der Waals surface area contributed by atoms with Crippen molar-refractivity contribution in [1.29, 1.82) is 0 Å². The zero-order valence-electron chi connectivity index (χ0n) is 14.3. The fourth-order valence-electron chi connectivity index (χ4n) is 0.496. The lowest BCUT2D eigenvalue weighted by molar-refractivity contribution is -0.106. The highest BCUT2D eigenvalue weighted by molar-refractivity contribution is 8.13. The lowest BCUT2D eigenvalue weighted by Gasteiger charge is -2.26. The van der Waals surface area contributed by atoms with Crippen LogP contribution in [0, 0.1) is 24.2 Å². The second-order valence-electron chi connectivity index (χ2n) is 5.79. The summed E-state index contributed by atoms with van der Waals surface area (Å²) in [6.07, 6.45) is 6.95. The summed E-state index contributed by atoms with van der Waals surface area (Å²) < 4.78 is 0. The normalized spacial score (nSPS) is 11.1. The zero-order chi connectivity index (χ0) is 16.6. The molecule has 0 aliphatic heterocycles. The Bertz CT molecular complexity index is 406. The molecule has 0 aliphatic carbocycles. The molecule has 0 rings (SSSR count). The quantitative estimate of drug-likeness (QED) is 0.729. The van der Waals surface area contributed by atoms with Crippen molar-refractivity contribution in [1.82, 2.24) is 9.80 Å². The highest BCUT2D eigenvalue weighted by Gasteiger charge is 2.16. The van der Waals surface area contributed by atoms with Crippen molar-refractivity contribution in [2.75, 3.05) is 34.4 Å². The summed E-state index contributed by atoms with van der Waals surface area (Å²) in [4.78, 5) is 14.8. The van der Waals surface area contributed by atoms with Crippen molar-refractivity contribution in [3.63, 3.8) is 0 Å². The van der Waals surface area contributed by atoms with Crippen molar-refractivity contribution >= 4 is 16.9 Å². The molecule has 0 unspecified atom stereocenters. The number of carbonyl (C=O) groups is 1. The fourth-order valence-corrected chi connectivity index (χ4v) is 0.649. The van der Waals surface area contributed by atoms with Crippen LogP contribution >= 0.6 is 11.8 Å². The summed E-state index contributed by atoms with van der Waals surface area (Å²) in [6.45, 7) is 7.97. The van der Waals surface area contributed by atoms with E-state index in [1.165, 1.54) is 0 Å².